The normalized spacial score (nSPS) is 12.7. The van der Waals surface area contributed by atoms with Crippen molar-refractivity contribution in [3.05, 3.63) is 82.7 Å². The molecule has 0 radical (unpaired) electrons. The van der Waals surface area contributed by atoms with E-state index in [4.69, 9.17) is 10.7 Å². The summed E-state index contributed by atoms with van der Waals surface area (Å²) in [6.45, 7) is 1.31. The molecule has 0 unspecified atom stereocenters. The molecule has 0 fully saturated rings. The van der Waals surface area contributed by atoms with E-state index < -0.39 is 0 Å². The molecule has 1 aliphatic heterocycles. The van der Waals surface area contributed by atoms with Gasteiger partial charge in [0, 0.05) is 24.0 Å². The first kappa shape index (κ1) is 22.1. The molecular weight excluding hydrogens is 462 g/mol. The number of benzene rings is 2. The summed E-state index contributed by atoms with van der Waals surface area (Å²) in [7, 11) is 0. The Morgan fingerprint density at radius 2 is 1.88 bits per heavy atom. The lowest BCUT2D eigenvalue weighted by Crippen LogP contribution is -2.37. The smallest absolute Gasteiger partial charge is 0.233 e. The van der Waals surface area contributed by atoms with Crippen LogP contribution in [0.25, 0.3) is 21.8 Å². The molecule has 6 nitrogen and oxygen atoms in total. The Kier molecular flexibility index (Phi) is 6.30. The van der Waals surface area contributed by atoms with Gasteiger partial charge < -0.3 is 10.6 Å². The van der Waals surface area contributed by atoms with Crippen LogP contribution in [0.1, 0.15) is 16.7 Å². The maximum Gasteiger partial charge on any atom is 0.233 e. The topological polar surface area (TPSA) is 95.9 Å². The number of nitrogens with zero attached hydrogens (tertiary/aromatic N) is 4. The van der Waals surface area contributed by atoms with Crippen molar-refractivity contribution in [2.24, 2.45) is 0 Å². The molecule has 0 spiro atoms. The Bertz CT molecular complexity index is 1390. The standard InChI is InChI=1S/C26H21N5OS2/c27-13-20-12-21(26-29-22(15-33-26)18-7-2-1-3-8-18)24(28)30-25(20)34-16-23(32)31-11-10-17-6-4-5-9-19(17)14-31/h1-9,12,15H,10-11,14,16H2,(H2,28,30). The Labute approximate surface area is 206 Å². The first-order valence-electron chi connectivity index (χ1n) is 10.8. The fourth-order valence-corrected chi connectivity index (χ4v) is 5.66. The summed E-state index contributed by atoms with van der Waals surface area (Å²) in [5.74, 6) is 0.535. The van der Waals surface area contributed by atoms with E-state index in [2.05, 4.69) is 23.2 Å². The highest BCUT2D eigenvalue weighted by Crippen LogP contribution is 2.34. The van der Waals surface area contributed by atoms with Gasteiger partial charge in [0.25, 0.3) is 0 Å². The number of carbonyl (C=O) groups is 1. The highest BCUT2D eigenvalue weighted by molar-refractivity contribution is 8.00. The lowest BCUT2D eigenvalue weighted by Gasteiger charge is -2.28. The van der Waals surface area contributed by atoms with Crippen LogP contribution in [0.5, 0.6) is 0 Å². The van der Waals surface area contributed by atoms with Crippen molar-refractivity contribution in [3.63, 3.8) is 0 Å². The molecule has 2 aromatic heterocycles. The first-order chi connectivity index (χ1) is 16.6. The number of nitrogens with two attached hydrogens (primary N) is 1. The van der Waals surface area contributed by atoms with Crippen molar-refractivity contribution in [3.8, 4) is 27.9 Å². The average molecular weight is 484 g/mol. The molecule has 3 heterocycles. The third-order valence-electron chi connectivity index (χ3n) is 5.76. The van der Waals surface area contributed by atoms with E-state index >= 15 is 0 Å². The van der Waals surface area contributed by atoms with Crippen LogP contribution < -0.4 is 5.73 Å². The van der Waals surface area contributed by atoms with Crippen LogP contribution >= 0.6 is 23.1 Å². The van der Waals surface area contributed by atoms with Crippen molar-refractivity contribution >= 4 is 34.8 Å². The lowest BCUT2D eigenvalue weighted by molar-refractivity contribution is -0.129. The summed E-state index contributed by atoms with van der Waals surface area (Å²) in [6.07, 6.45) is 0.856. The Hall–Kier alpha value is -3.67. The maximum absolute atomic E-state index is 12.8. The molecule has 8 heteroatoms. The predicted molar refractivity (Wildman–Crippen MR) is 136 cm³/mol. The van der Waals surface area contributed by atoms with Gasteiger partial charge in [-0.2, -0.15) is 5.26 Å². The van der Waals surface area contributed by atoms with E-state index in [0.29, 0.717) is 40.1 Å². The Morgan fingerprint density at radius 1 is 1.12 bits per heavy atom. The summed E-state index contributed by atoms with van der Waals surface area (Å²) < 4.78 is 0. The average Bonchev–Trinajstić information content (AvgIpc) is 3.37. The van der Waals surface area contributed by atoms with Crippen LogP contribution in [-0.4, -0.2) is 33.1 Å². The van der Waals surface area contributed by atoms with Crippen molar-refractivity contribution in [2.45, 2.75) is 18.0 Å². The zero-order valence-electron chi connectivity index (χ0n) is 18.3. The van der Waals surface area contributed by atoms with Gasteiger partial charge in [-0.25, -0.2) is 9.97 Å². The molecule has 2 N–H and O–H groups in total. The number of amides is 1. The number of thiazole rings is 1. The molecule has 0 aliphatic carbocycles. The van der Waals surface area contributed by atoms with Crippen LogP contribution in [0.2, 0.25) is 0 Å². The quantitative estimate of drug-likeness (QED) is 0.401. The number of thioether (sulfide) groups is 1. The fraction of sp³-hybridized carbons (Fsp3) is 0.154. The van der Waals surface area contributed by atoms with Crippen LogP contribution in [0, 0.1) is 11.3 Å². The molecule has 0 saturated heterocycles. The second-order valence-electron chi connectivity index (χ2n) is 7.91. The number of aromatic nitrogens is 2. The van der Waals surface area contributed by atoms with Gasteiger partial charge >= 0.3 is 0 Å². The number of pyridine rings is 1. The van der Waals surface area contributed by atoms with E-state index in [9.17, 15) is 10.1 Å². The van der Waals surface area contributed by atoms with E-state index in [1.54, 1.807) is 6.07 Å². The largest absolute Gasteiger partial charge is 0.383 e. The predicted octanol–water partition coefficient (Wildman–Crippen LogP) is 5.00. The summed E-state index contributed by atoms with van der Waals surface area (Å²) >= 11 is 2.71. The van der Waals surface area contributed by atoms with Crippen molar-refractivity contribution < 1.29 is 4.79 Å². The molecule has 168 valence electrons. The van der Waals surface area contributed by atoms with Crippen LogP contribution in [-0.2, 0) is 17.8 Å². The summed E-state index contributed by atoms with van der Waals surface area (Å²) in [5.41, 5.74) is 11.6. The van der Waals surface area contributed by atoms with Gasteiger partial charge in [-0.3, -0.25) is 4.79 Å². The van der Waals surface area contributed by atoms with E-state index in [1.165, 1.54) is 34.2 Å². The van der Waals surface area contributed by atoms with Gasteiger partial charge in [0.2, 0.25) is 5.91 Å². The maximum atomic E-state index is 12.8. The van der Waals surface area contributed by atoms with Gasteiger partial charge in [0.05, 0.1) is 22.6 Å². The van der Waals surface area contributed by atoms with Crippen LogP contribution in [0.15, 0.2) is 71.1 Å². The molecule has 1 amide bonds. The first-order valence-corrected chi connectivity index (χ1v) is 12.7. The molecule has 0 saturated carbocycles. The van der Waals surface area contributed by atoms with E-state index in [1.807, 2.05) is 52.7 Å². The summed E-state index contributed by atoms with van der Waals surface area (Å²) in [5, 5.41) is 12.9. The number of nitriles is 1. The van der Waals surface area contributed by atoms with Gasteiger partial charge in [-0.1, -0.05) is 66.4 Å². The number of nitrogen functional groups attached to an aromatic ring is 1. The molecule has 2 aromatic carbocycles. The van der Waals surface area contributed by atoms with Crippen LogP contribution in [0.4, 0.5) is 5.82 Å². The minimum Gasteiger partial charge on any atom is -0.383 e. The number of fused-ring (bicyclic) bond motifs is 1. The number of carbonyl (C=O) groups excluding carboxylic acids is 1. The van der Waals surface area contributed by atoms with Crippen molar-refractivity contribution in [2.75, 3.05) is 18.0 Å². The van der Waals surface area contributed by atoms with E-state index in [0.717, 1.165) is 17.7 Å². The van der Waals surface area contributed by atoms with Gasteiger partial charge in [-0.05, 0) is 23.6 Å². The van der Waals surface area contributed by atoms with Crippen LogP contribution in [0.3, 0.4) is 0 Å². The number of hydrogen-bond donors (Lipinski definition) is 1. The second kappa shape index (κ2) is 9.67. The molecule has 34 heavy (non-hydrogen) atoms. The summed E-state index contributed by atoms with van der Waals surface area (Å²) in [4.78, 5) is 23.9. The van der Waals surface area contributed by atoms with Crippen molar-refractivity contribution in [1.82, 2.24) is 14.9 Å². The zero-order valence-corrected chi connectivity index (χ0v) is 19.9. The highest BCUT2D eigenvalue weighted by Gasteiger charge is 2.22. The second-order valence-corrected chi connectivity index (χ2v) is 9.73. The Balaban J connectivity index is 1.31. The monoisotopic (exact) mass is 483 g/mol. The number of rotatable bonds is 5. The van der Waals surface area contributed by atoms with Gasteiger partial charge in [0.1, 0.15) is 21.9 Å². The molecule has 1 aliphatic rings. The van der Waals surface area contributed by atoms with Crippen molar-refractivity contribution in [1.29, 1.82) is 5.26 Å². The minimum absolute atomic E-state index is 0.0280. The fourth-order valence-electron chi connectivity index (χ4n) is 3.94. The molecule has 4 aromatic rings. The number of anilines is 1. The number of hydrogen-bond acceptors (Lipinski definition) is 7. The summed E-state index contributed by atoms with van der Waals surface area (Å²) in [6, 6.07) is 22.0. The minimum atomic E-state index is 0.0280. The Morgan fingerprint density at radius 3 is 2.68 bits per heavy atom. The van der Waals surface area contributed by atoms with Gasteiger partial charge in [0.15, 0.2) is 0 Å². The lowest BCUT2D eigenvalue weighted by atomic mass is 10.00. The van der Waals surface area contributed by atoms with Gasteiger partial charge in [-0.15, -0.1) is 11.3 Å². The molecule has 5 rings (SSSR count). The van der Waals surface area contributed by atoms with E-state index in [-0.39, 0.29) is 11.7 Å². The molecule has 0 bridgehead atoms. The molecular formula is C26H21N5OS2. The molecule has 0 atom stereocenters. The SMILES string of the molecule is N#Cc1cc(-c2nc(-c3ccccc3)cs2)c(N)nc1SCC(=O)N1CCc2ccccc2C1. The third kappa shape index (κ3) is 4.53. The zero-order chi connectivity index (χ0) is 23.5. The highest BCUT2D eigenvalue weighted by atomic mass is 32.2. The third-order valence-corrected chi connectivity index (χ3v) is 7.61.